The van der Waals surface area contributed by atoms with Crippen molar-refractivity contribution in [1.82, 2.24) is 4.57 Å². The maximum absolute atomic E-state index is 12.1. The molecule has 1 aliphatic carbocycles. The zero-order chi connectivity index (χ0) is 20.0. The quantitative estimate of drug-likeness (QED) is 0.434. The van der Waals surface area contributed by atoms with Gasteiger partial charge in [0.25, 0.3) is 0 Å². The second-order valence-corrected chi connectivity index (χ2v) is 8.42. The van der Waals surface area contributed by atoms with Gasteiger partial charge >= 0.3 is 0 Å². The van der Waals surface area contributed by atoms with E-state index in [1.165, 1.54) is 25.7 Å². The average molecular weight is 402 g/mol. The molecule has 145 valence electrons. The van der Waals surface area contributed by atoms with E-state index in [-0.39, 0.29) is 0 Å². The maximum Gasteiger partial charge on any atom is 0.249 e. The van der Waals surface area contributed by atoms with E-state index in [0.717, 1.165) is 44.5 Å². The molecule has 0 bridgehead atoms. The predicted octanol–water partition coefficient (Wildman–Crippen LogP) is 6.20. The van der Waals surface area contributed by atoms with Crippen molar-refractivity contribution in [3.63, 3.8) is 0 Å². The van der Waals surface area contributed by atoms with Crippen LogP contribution in [0.4, 0.5) is 0 Å². The first kappa shape index (κ1) is 18.3. The van der Waals surface area contributed by atoms with Crippen molar-refractivity contribution < 1.29 is 4.79 Å². The summed E-state index contributed by atoms with van der Waals surface area (Å²) in [5.74, 6) is 0.274. The lowest BCUT2D eigenvalue weighted by Gasteiger charge is -2.14. The van der Waals surface area contributed by atoms with Gasteiger partial charge in [0, 0.05) is 33.4 Å². The highest BCUT2D eigenvalue weighted by atomic mass is 35.5. The highest BCUT2D eigenvalue weighted by Crippen LogP contribution is 2.36. The molecular formula is C25H22ClN2O. The van der Waals surface area contributed by atoms with Gasteiger partial charge in [-0.25, -0.2) is 0 Å². The van der Waals surface area contributed by atoms with Gasteiger partial charge in [-0.15, -0.1) is 0 Å². The fraction of sp³-hybridized carbons (Fsp3) is 0.240. The summed E-state index contributed by atoms with van der Waals surface area (Å²) in [5.41, 5.74) is 10.6. The number of rotatable bonds is 4. The molecule has 3 aromatic carbocycles. The summed E-state index contributed by atoms with van der Waals surface area (Å²) in [6.45, 7) is 0.958. The molecule has 1 amide bonds. The molecule has 0 aliphatic heterocycles. The minimum absolute atomic E-state index is 0.398. The molecule has 0 spiro atoms. The molecule has 3 nitrogen and oxygen atoms in total. The van der Waals surface area contributed by atoms with E-state index in [2.05, 4.69) is 22.8 Å². The number of halogens is 1. The minimum Gasteiger partial charge on any atom is -0.366 e. The van der Waals surface area contributed by atoms with Crippen LogP contribution in [0.25, 0.3) is 32.9 Å². The van der Waals surface area contributed by atoms with Crippen LogP contribution in [0.1, 0.15) is 36.0 Å². The topological polar surface area (TPSA) is 48.0 Å². The fourth-order valence-electron chi connectivity index (χ4n) is 4.72. The third kappa shape index (κ3) is 3.20. The zero-order valence-electron chi connectivity index (χ0n) is 16.1. The Balaban J connectivity index is 1.76. The molecule has 4 aromatic rings. The number of carbonyl (C=O) groups is 1. The Labute approximate surface area is 175 Å². The molecule has 0 unspecified atom stereocenters. The van der Waals surface area contributed by atoms with Crippen LogP contribution in [-0.2, 0) is 6.54 Å². The first-order chi connectivity index (χ1) is 14.1. The second kappa shape index (κ2) is 7.23. The van der Waals surface area contributed by atoms with Crippen molar-refractivity contribution >= 4 is 39.3 Å². The molecular weight excluding hydrogens is 380 g/mol. The number of benzene rings is 3. The summed E-state index contributed by atoms with van der Waals surface area (Å²) < 4.78 is 2.36. The second-order valence-electron chi connectivity index (χ2n) is 7.98. The van der Waals surface area contributed by atoms with Crippen LogP contribution in [0.2, 0.25) is 5.02 Å². The normalized spacial score (nSPS) is 14.8. The van der Waals surface area contributed by atoms with Crippen LogP contribution in [0.5, 0.6) is 0 Å². The molecule has 0 atom stereocenters. The summed E-state index contributed by atoms with van der Waals surface area (Å²) in [6, 6.07) is 21.3. The van der Waals surface area contributed by atoms with Gasteiger partial charge in [-0.05, 0) is 72.4 Å². The van der Waals surface area contributed by atoms with Crippen LogP contribution in [0, 0.1) is 12.0 Å². The number of hydrogen-bond donors (Lipinski definition) is 1. The van der Waals surface area contributed by atoms with Crippen molar-refractivity contribution in [1.29, 1.82) is 0 Å². The Morgan fingerprint density at radius 1 is 1.07 bits per heavy atom. The number of carbonyl (C=O) groups excluding carboxylic acids is 1. The van der Waals surface area contributed by atoms with Gasteiger partial charge < -0.3 is 10.3 Å². The van der Waals surface area contributed by atoms with Crippen molar-refractivity contribution in [2.24, 2.45) is 11.7 Å². The van der Waals surface area contributed by atoms with Gasteiger partial charge in [0.15, 0.2) is 0 Å². The van der Waals surface area contributed by atoms with Gasteiger partial charge in [0.1, 0.15) is 0 Å². The monoisotopic (exact) mass is 401 g/mol. The number of aromatic nitrogens is 1. The Morgan fingerprint density at radius 2 is 1.83 bits per heavy atom. The van der Waals surface area contributed by atoms with E-state index in [0.29, 0.717) is 11.5 Å². The maximum atomic E-state index is 12.1. The molecule has 29 heavy (non-hydrogen) atoms. The van der Waals surface area contributed by atoms with E-state index in [9.17, 15) is 4.79 Å². The summed E-state index contributed by atoms with van der Waals surface area (Å²) in [6.07, 6.45) is 5.13. The van der Waals surface area contributed by atoms with Crippen molar-refractivity contribution in [2.75, 3.05) is 0 Å². The van der Waals surface area contributed by atoms with E-state index in [1.54, 1.807) is 0 Å². The number of nitrogens with zero attached hydrogens (tertiary/aromatic N) is 1. The van der Waals surface area contributed by atoms with Crippen LogP contribution < -0.4 is 5.73 Å². The number of nitrogens with two attached hydrogens (primary N) is 1. The number of hydrogen-bond acceptors (Lipinski definition) is 1. The molecule has 1 radical (unpaired) electrons. The lowest BCUT2D eigenvalue weighted by Crippen LogP contribution is -2.11. The molecule has 4 heteroatoms. The van der Waals surface area contributed by atoms with E-state index in [4.69, 9.17) is 17.3 Å². The molecule has 5 rings (SSSR count). The third-order valence-corrected chi connectivity index (χ3v) is 6.40. The highest BCUT2D eigenvalue weighted by Gasteiger charge is 2.21. The number of primary amides is 1. The first-order valence-corrected chi connectivity index (χ1v) is 10.5. The highest BCUT2D eigenvalue weighted by molar-refractivity contribution is 6.30. The van der Waals surface area contributed by atoms with Gasteiger partial charge in [-0.2, -0.15) is 0 Å². The Bertz CT molecular complexity index is 1220. The van der Waals surface area contributed by atoms with Crippen LogP contribution >= 0.6 is 11.6 Å². The minimum atomic E-state index is -0.398. The molecule has 1 heterocycles. The largest absolute Gasteiger partial charge is 0.366 e. The van der Waals surface area contributed by atoms with Gasteiger partial charge in [0.2, 0.25) is 5.91 Å². The zero-order valence-corrected chi connectivity index (χ0v) is 16.9. The van der Waals surface area contributed by atoms with Crippen LogP contribution in [0.15, 0.2) is 54.6 Å². The predicted molar refractivity (Wildman–Crippen MR) is 119 cm³/mol. The van der Waals surface area contributed by atoms with Gasteiger partial charge in [0.05, 0.1) is 5.52 Å². The lowest BCUT2D eigenvalue weighted by atomic mass is 10.0. The lowest BCUT2D eigenvalue weighted by molar-refractivity contribution is 0.100. The van der Waals surface area contributed by atoms with Crippen molar-refractivity contribution in [3.8, 4) is 11.1 Å². The van der Waals surface area contributed by atoms with Crippen molar-refractivity contribution in [3.05, 3.63) is 71.2 Å². The molecule has 1 aromatic heterocycles. The Kier molecular flexibility index (Phi) is 4.56. The van der Waals surface area contributed by atoms with Gasteiger partial charge in [-0.3, -0.25) is 4.79 Å². The van der Waals surface area contributed by atoms with Gasteiger partial charge in [-0.1, -0.05) is 42.6 Å². The summed E-state index contributed by atoms with van der Waals surface area (Å²) in [7, 11) is 0. The Hall–Kier alpha value is -2.78. The van der Waals surface area contributed by atoms with Crippen LogP contribution in [-0.4, -0.2) is 10.5 Å². The first-order valence-electron chi connectivity index (χ1n) is 10.1. The molecule has 1 saturated carbocycles. The standard InChI is InChI=1S/C25H22ClN2O/c26-19-11-8-17(9-12-19)18-10-13-20-23(14-18)28(15-16-4-1-2-5-16)22-7-3-6-21(24(20)22)25(27)29/h3,6-12,14,16H,1-2,4-5,15H2,(H2,27,29). The molecule has 1 aliphatic rings. The number of amides is 1. The number of fused-ring (bicyclic) bond motifs is 3. The smallest absolute Gasteiger partial charge is 0.249 e. The van der Waals surface area contributed by atoms with Crippen molar-refractivity contribution in [2.45, 2.75) is 32.2 Å². The third-order valence-electron chi connectivity index (χ3n) is 6.15. The van der Waals surface area contributed by atoms with E-state index >= 15 is 0 Å². The summed E-state index contributed by atoms with van der Waals surface area (Å²) >= 11 is 6.06. The SMILES string of the molecule is NC(=O)c1cccc2c1c1[c]cc(-c3ccc(Cl)cc3)cc1n2CC1CCCC1. The average Bonchev–Trinajstić information content (AvgIpc) is 3.35. The fourth-order valence-corrected chi connectivity index (χ4v) is 4.84. The van der Waals surface area contributed by atoms with Crippen LogP contribution in [0.3, 0.4) is 0 Å². The molecule has 0 saturated heterocycles. The summed E-state index contributed by atoms with van der Waals surface area (Å²) in [5, 5.41) is 2.60. The molecule has 2 N–H and O–H groups in total. The van der Waals surface area contributed by atoms with E-state index < -0.39 is 5.91 Å². The summed E-state index contributed by atoms with van der Waals surface area (Å²) in [4.78, 5) is 12.1. The van der Waals surface area contributed by atoms with E-state index in [1.807, 2.05) is 42.5 Å². The molecule has 1 fully saturated rings. The Morgan fingerprint density at radius 3 is 2.55 bits per heavy atom.